The Hall–Kier alpha value is -3.62. The second-order valence-corrected chi connectivity index (χ2v) is 6.24. The Kier molecular flexibility index (Phi) is 3.91. The molecule has 0 aliphatic carbocycles. The minimum atomic E-state index is -0.402. The molecule has 0 aliphatic rings. The number of aromatic nitrogens is 4. The number of hydrogen-bond acceptors (Lipinski definition) is 6. The summed E-state index contributed by atoms with van der Waals surface area (Å²) in [5, 5.41) is 6.42. The topological polar surface area (TPSA) is 108 Å². The molecule has 0 radical (unpaired) electrons. The SMILES string of the molecule is Cc1cc(-c2cn3cc(C(=O)NCc4ccon4)nc3c(=O)n2C)c(C)o1. The summed E-state index contributed by atoms with van der Waals surface area (Å²) in [5.74, 6) is 1.07. The van der Waals surface area contributed by atoms with Gasteiger partial charge >= 0.3 is 0 Å². The summed E-state index contributed by atoms with van der Waals surface area (Å²) < 4.78 is 13.3. The summed E-state index contributed by atoms with van der Waals surface area (Å²) in [5.41, 5.74) is 2.10. The Balaban J connectivity index is 1.72. The quantitative estimate of drug-likeness (QED) is 0.590. The fourth-order valence-corrected chi connectivity index (χ4v) is 2.96. The molecule has 4 heterocycles. The largest absolute Gasteiger partial charge is 0.466 e. The number of rotatable bonds is 4. The van der Waals surface area contributed by atoms with Crippen LogP contribution in [0.2, 0.25) is 0 Å². The van der Waals surface area contributed by atoms with Crippen LogP contribution >= 0.6 is 0 Å². The summed E-state index contributed by atoms with van der Waals surface area (Å²) in [6, 6.07) is 3.53. The number of nitrogens with zero attached hydrogens (tertiary/aromatic N) is 4. The normalized spacial score (nSPS) is 11.2. The van der Waals surface area contributed by atoms with Gasteiger partial charge in [-0.1, -0.05) is 5.16 Å². The molecule has 0 aliphatic heterocycles. The van der Waals surface area contributed by atoms with Gasteiger partial charge < -0.3 is 18.8 Å². The molecular weight excluding hydrogens is 350 g/mol. The smallest absolute Gasteiger partial charge is 0.294 e. The van der Waals surface area contributed by atoms with Crippen LogP contribution in [0.1, 0.15) is 27.7 Å². The van der Waals surface area contributed by atoms with Gasteiger partial charge in [-0.15, -0.1) is 0 Å². The molecule has 1 N–H and O–H groups in total. The first-order valence-electron chi connectivity index (χ1n) is 8.27. The molecule has 1 amide bonds. The van der Waals surface area contributed by atoms with E-state index in [2.05, 4.69) is 15.5 Å². The van der Waals surface area contributed by atoms with Gasteiger partial charge in [-0.3, -0.25) is 14.0 Å². The van der Waals surface area contributed by atoms with Gasteiger partial charge in [0.1, 0.15) is 29.2 Å². The van der Waals surface area contributed by atoms with Crippen LogP contribution in [0.15, 0.2) is 44.5 Å². The highest BCUT2D eigenvalue weighted by molar-refractivity contribution is 5.92. The van der Waals surface area contributed by atoms with E-state index in [1.807, 2.05) is 19.9 Å². The third-order valence-corrected chi connectivity index (χ3v) is 4.32. The second-order valence-electron chi connectivity index (χ2n) is 6.24. The predicted molar refractivity (Wildman–Crippen MR) is 95.3 cm³/mol. The monoisotopic (exact) mass is 367 g/mol. The van der Waals surface area contributed by atoms with Crippen molar-refractivity contribution in [3.05, 3.63) is 64.1 Å². The van der Waals surface area contributed by atoms with Crippen LogP contribution in [0.5, 0.6) is 0 Å². The van der Waals surface area contributed by atoms with Gasteiger partial charge in [0.15, 0.2) is 0 Å². The maximum absolute atomic E-state index is 12.7. The van der Waals surface area contributed by atoms with Crippen molar-refractivity contribution in [1.82, 2.24) is 24.4 Å². The van der Waals surface area contributed by atoms with Crippen molar-refractivity contribution in [2.45, 2.75) is 20.4 Å². The van der Waals surface area contributed by atoms with Crippen molar-refractivity contribution >= 4 is 11.6 Å². The third kappa shape index (κ3) is 2.92. The highest BCUT2D eigenvalue weighted by Crippen LogP contribution is 2.25. The van der Waals surface area contributed by atoms with E-state index in [0.29, 0.717) is 17.1 Å². The van der Waals surface area contributed by atoms with Crippen molar-refractivity contribution in [1.29, 1.82) is 0 Å². The number of hydrogen-bond donors (Lipinski definition) is 1. The first-order valence-corrected chi connectivity index (χ1v) is 8.27. The van der Waals surface area contributed by atoms with E-state index in [-0.39, 0.29) is 23.4 Å². The van der Waals surface area contributed by atoms with E-state index in [4.69, 9.17) is 8.94 Å². The number of aryl methyl sites for hydroxylation is 2. The van der Waals surface area contributed by atoms with Crippen LogP contribution < -0.4 is 10.9 Å². The van der Waals surface area contributed by atoms with Gasteiger partial charge in [-0.2, -0.15) is 0 Å². The van der Waals surface area contributed by atoms with Gasteiger partial charge in [0.2, 0.25) is 5.65 Å². The molecule has 0 fully saturated rings. The lowest BCUT2D eigenvalue weighted by Crippen LogP contribution is -2.23. The minimum Gasteiger partial charge on any atom is -0.466 e. The Bertz CT molecular complexity index is 1200. The van der Waals surface area contributed by atoms with Crippen LogP contribution in [0.4, 0.5) is 0 Å². The zero-order chi connectivity index (χ0) is 19.1. The highest BCUT2D eigenvalue weighted by Gasteiger charge is 2.17. The first kappa shape index (κ1) is 16.8. The van der Waals surface area contributed by atoms with Gasteiger partial charge in [0.05, 0.1) is 12.2 Å². The van der Waals surface area contributed by atoms with Gasteiger partial charge in [0, 0.05) is 31.1 Å². The van der Waals surface area contributed by atoms with Gasteiger partial charge in [0.25, 0.3) is 11.5 Å². The van der Waals surface area contributed by atoms with Crippen molar-refractivity contribution in [2.24, 2.45) is 7.05 Å². The molecule has 9 heteroatoms. The summed E-state index contributed by atoms with van der Waals surface area (Å²) in [6.45, 7) is 3.90. The van der Waals surface area contributed by atoms with Gasteiger partial charge in [-0.05, 0) is 19.9 Å². The Morgan fingerprint density at radius 2 is 2.11 bits per heavy atom. The number of imidazole rings is 1. The summed E-state index contributed by atoms with van der Waals surface area (Å²) >= 11 is 0. The van der Waals surface area contributed by atoms with Crippen molar-refractivity contribution in [3.63, 3.8) is 0 Å². The molecule has 0 saturated heterocycles. The molecule has 9 nitrogen and oxygen atoms in total. The number of fused-ring (bicyclic) bond motifs is 1. The average molecular weight is 367 g/mol. The van der Waals surface area contributed by atoms with Crippen LogP contribution in [0.3, 0.4) is 0 Å². The lowest BCUT2D eigenvalue weighted by Gasteiger charge is -2.07. The number of carbonyl (C=O) groups is 1. The number of amides is 1. The van der Waals surface area contributed by atoms with Crippen LogP contribution in [-0.2, 0) is 13.6 Å². The molecule has 0 saturated carbocycles. The standard InChI is InChI=1S/C18H17N5O4/c1-10-6-13(11(2)27-10)15-9-23-8-14(20-16(23)18(25)22(15)3)17(24)19-7-12-4-5-26-21-12/h4-6,8-9H,7H2,1-3H3,(H,19,24). The molecule has 138 valence electrons. The third-order valence-electron chi connectivity index (χ3n) is 4.32. The molecule has 0 atom stereocenters. The van der Waals surface area contributed by atoms with Crippen LogP contribution in [0.25, 0.3) is 16.9 Å². The lowest BCUT2D eigenvalue weighted by molar-refractivity contribution is 0.0945. The van der Waals surface area contributed by atoms with E-state index >= 15 is 0 Å². The van der Waals surface area contributed by atoms with E-state index in [9.17, 15) is 9.59 Å². The van der Waals surface area contributed by atoms with Crippen LogP contribution in [0, 0.1) is 13.8 Å². The lowest BCUT2D eigenvalue weighted by atomic mass is 10.2. The van der Waals surface area contributed by atoms with Crippen LogP contribution in [-0.4, -0.2) is 25.0 Å². The molecule has 0 bridgehead atoms. The van der Waals surface area contributed by atoms with E-state index in [1.165, 1.54) is 17.0 Å². The fraction of sp³-hybridized carbons (Fsp3) is 0.222. The minimum absolute atomic E-state index is 0.146. The molecule has 4 rings (SSSR count). The predicted octanol–water partition coefficient (Wildman–Crippen LogP) is 1.83. The van der Waals surface area contributed by atoms with E-state index in [0.717, 1.165) is 11.3 Å². The second kappa shape index (κ2) is 6.27. The zero-order valence-electron chi connectivity index (χ0n) is 15.0. The van der Waals surface area contributed by atoms with E-state index < -0.39 is 5.91 Å². The number of furan rings is 1. The Labute approximate surface area is 153 Å². The van der Waals surface area contributed by atoms with Crippen molar-refractivity contribution < 1.29 is 13.7 Å². The molecular formula is C18H17N5O4. The summed E-state index contributed by atoms with van der Waals surface area (Å²) in [7, 11) is 1.67. The molecule has 4 aromatic rings. The first-order chi connectivity index (χ1) is 12.9. The number of nitrogens with one attached hydrogen (secondary N) is 1. The summed E-state index contributed by atoms with van der Waals surface area (Å²) in [6.07, 6.45) is 4.72. The highest BCUT2D eigenvalue weighted by atomic mass is 16.5. The zero-order valence-corrected chi connectivity index (χ0v) is 15.0. The molecule has 0 spiro atoms. The molecule has 0 aromatic carbocycles. The van der Waals surface area contributed by atoms with E-state index in [1.54, 1.807) is 23.7 Å². The van der Waals surface area contributed by atoms with Gasteiger partial charge in [-0.25, -0.2) is 4.98 Å². The van der Waals surface area contributed by atoms with Crippen molar-refractivity contribution in [3.8, 4) is 11.3 Å². The molecule has 0 unspecified atom stereocenters. The molecule has 27 heavy (non-hydrogen) atoms. The summed E-state index contributed by atoms with van der Waals surface area (Å²) in [4.78, 5) is 29.3. The maximum atomic E-state index is 12.7. The average Bonchev–Trinajstić information content (AvgIpc) is 3.36. The Morgan fingerprint density at radius 3 is 2.78 bits per heavy atom. The maximum Gasteiger partial charge on any atom is 0.294 e. The Morgan fingerprint density at radius 1 is 1.30 bits per heavy atom. The fourth-order valence-electron chi connectivity index (χ4n) is 2.96. The molecule has 4 aromatic heterocycles. The van der Waals surface area contributed by atoms with Crippen molar-refractivity contribution in [2.75, 3.05) is 0 Å². The number of carbonyl (C=O) groups excluding carboxylic acids is 1.